The van der Waals surface area contributed by atoms with E-state index in [0.717, 1.165) is 42.8 Å². The van der Waals surface area contributed by atoms with Gasteiger partial charge in [0, 0.05) is 10.9 Å². The highest BCUT2D eigenvalue weighted by Crippen LogP contribution is 2.26. The van der Waals surface area contributed by atoms with Gasteiger partial charge in [0.2, 0.25) is 0 Å². The molecule has 8 heteroatoms. The van der Waals surface area contributed by atoms with E-state index in [1.807, 2.05) is 26.1 Å². The van der Waals surface area contributed by atoms with E-state index >= 15 is 4.39 Å². The van der Waals surface area contributed by atoms with E-state index in [-0.39, 0.29) is 17.0 Å². The number of fused-ring (bicyclic) bond motifs is 2. The third kappa shape index (κ3) is 3.08. The van der Waals surface area contributed by atoms with Gasteiger partial charge in [-0.1, -0.05) is 0 Å². The van der Waals surface area contributed by atoms with Crippen molar-refractivity contribution >= 4 is 16.4 Å². The summed E-state index contributed by atoms with van der Waals surface area (Å²) in [6, 6.07) is 5.06. The SMILES string of the molecule is Cc1cn2nc(-c3cc(F)c4c(=O)n(C5CCN(C)CC5)ncc4c3)cc(C)c2n1. The number of rotatable bonds is 2. The van der Waals surface area contributed by atoms with Gasteiger partial charge in [-0.05, 0) is 70.6 Å². The Labute approximate surface area is 172 Å². The van der Waals surface area contributed by atoms with Crippen molar-refractivity contribution in [1.29, 1.82) is 0 Å². The van der Waals surface area contributed by atoms with Gasteiger partial charge >= 0.3 is 0 Å². The third-order valence-electron chi connectivity index (χ3n) is 5.92. The summed E-state index contributed by atoms with van der Waals surface area (Å²) >= 11 is 0. The van der Waals surface area contributed by atoms with E-state index in [9.17, 15) is 4.79 Å². The van der Waals surface area contributed by atoms with Crippen LogP contribution in [0.1, 0.15) is 30.1 Å². The number of aryl methyl sites for hydroxylation is 2. The predicted molar refractivity (Wildman–Crippen MR) is 113 cm³/mol. The molecular formula is C22H23FN6O. The number of aromatic nitrogens is 5. The predicted octanol–water partition coefficient (Wildman–Crippen LogP) is 3.13. The molecular weight excluding hydrogens is 383 g/mol. The zero-order chi connectivity index (χ0) is 21.0. The average molecular weight is 406 g/mol. The summed E-state index contributed by atoms with van der Waals surface area (Å²) in [5, 5.41) is 9.53. The van der Waals surface area contributed by atoms with Crippen molar-refractivity contribution in [2.75, 3.05) is 20.1 Å². The van der Waals surface area contributed by atoms with E-state index in [0.29, 0.717) is 16.6 Å². The molecule has 4 aromatic rings. The summed E-state index contributed by atoms with van der Waals surface area (Å²) in [6.07, 6.45) is 5.10. The molecule has 1 fully saturated rings. The Morgan fingerprint density at radius 2 is 1.90 bits per heavy atom. The van der Waals surface area contributed by atoms with Gasteiger partial charge in [0.1, 0.15) is 5.82 Å². The van der Waals surface area contributed by atoms with Gasteiger partial charge in [0.15, 0.2) is 5.65 Å². The lowest BCUT2D eigenvalue weighted by Gasteiger charge is -2.29. The molecule has 7 nitrogen and oxygen atoms in total. The zero-order valence-corrected chi connectivity index (χ0v) is 17.3. The Morgan fingerprint density at radius 1 is 1.13 bits per heavy atom. The van der Waals surface area contributed by atoms with E-state index in [1.54, 1.807) is 16.8 Å². The maximum absolute atomic E-state index is 15.1. The summed E-state index contributed by atoms with van der Waals surface area (Å²) in [5.41, 5.74) is 3.46. The summed E-state index contributed by atoms with van der Waals surface area (Å²) in [6.45, 7) is 5.66. The number of piperidine rings is 1. The van der Waals surface area contributed by atoms with Crippen molar-refractivity contribution in [1.82, 2.24) is 29.3 Å². The van der Waals surface area contributed by atoms with Crippen LogP contribution in [-0.2, 0) is 0 Å². The highest BCUT2D eigenvalue weighted by atomic mass is 19.1. The molecule has 0 atom stereocenters. The highest BCUT2D eigenvalue weighted by Gasteiger charge is 2.22. The topological polar surface area (TPSA) is 68.3 Å². The largest absolute Gasteiger partial charge is 0.306 e. The number of hydrogen-bond acceptors (Lipinski definition) is 5. The Kier molecular flexibility index (Phi) is 4.39. The Morgan fingerprint density at radius 3 is 2.67 bits per heavy atom. The third-order valence-corrected chi connectivity index (χ3v) is 5.92. The minimum Gasteiger partial charge on any atom is -0.306 e. The number of hydrogen-bond donors (Lipinski definition) is 0. The molecule has 3 aromatic heterocycles. The molecule has 0 aliphatic carbocycles. The fraction of sp³-hybridized carbons (Fsp3) is 0.364. The van der Waals surface area contributed by atoms with Gasteiger partial charge in [-0.25, -0.2) is 18.6 Å². The van der Waals surface area contributed by atoms with Crippen LogP contribution in [0, 0.1) is 19.7 Å². The van der Waals surface area contributed by atoms with E-state index in [4.69, 9.17) is 0 Å². The van der Waals surface area contributed by atoms with Gasteiger partial charge in [0.25, 0.3) is 5.56 Å². The van der Waals surface area contributed by atoms with Crippen LogP contribution in [0.15, 0.2) is 35.4 Å². The maximum Gasteiger partial charge on any atom is 0.277 e. The van der Waals surface area contributed by atoms with Crippen LogP contribution in [-0.4, -0.2) is 49.4 Å². The number of likely N-dealkylation sites (tertiary alicyclic amines) is 1. The molecule has 1 aliphatic rings. The standard InChI is InChI=1S/C22H23FN6O/c1-13-8-19(26-28-12-14(2)25-21(13)28)15-9-16-11-24-29(17-4-6-27(3)7-5-17)22(30)20(16)18(23)10-15/h8-12,17H,4-7H2,1-3H3. The number of halogens is 1. The van der Waals surface area contributed by atoms with Crippen LogP contribution in [0.25, 0.3) is 27.7 Å². The van der Waals surface area contributed by atoms with Gasteiger partial charge in [-0.3, -0.25) is 4.79 Å². The van der Waals surface area contributed by atoms with Crippen LogP contribution in [0.5, 0.6) is 0 Å². The van der Waals surface area contributed by atoms with Gasteiger partial charge in [0.05, 0.1) is 35.2 Å². The van der Waals surface area contributed by atoms with Crippen molar-refractivity contribution in [3.8, 4) is 11.3 Å². The van der Waals surface area contributed by atoms with Crippen LogP contribution in [0.4, 0.5) is 4.39 Å². The van der Waals surface area contributed by atoms with Crippen LogP contribution < -0.4 is 5.56 Å². The molecule has 154 valence electrons. The normalized spacial score (nSPS) is 16.0. The molecule has 0 spiro atoms. The molecule has 0 unspecified atom stereocenters. The summed E-state index contributed by atoms with van der Waals surface area (Å²) < 4.78 is 18.3. The first-order chi connectivity index (χ1) is 14.4. The second kappa shape index (κ2) is 6.98. The lowest BCUT2D eigenvalue weighted by molar-refractivity contribution is 0.209. The molecule has 1 aromatic carbocycles. The van der Waals surface area contributed by atoms with Crippen molar-refractivity contribution in [2.24, 2.45) is 0 Å². The zero-order valence-electron chi connectivity index (χ0n) is 17.3. The molecule has 0 saturated carbocycles. The molecule has 0 amide bonds. The molecule has 1 aliphatic heterocycles. The van der Waals surface area contributed by atoms with Crippen molar-refractivity contribution < 1.29 is 4.39 Å². The van der Waals surface area contributed by atoms with Crippen molar-refractivity contribution in [3.63, 3.8) is 0 Å². The second-order valence-electron chi connectivity index (χ2n) is 8.21. The number of benzene rings is 1. The van der Waals surface area contributed by atoms with Gasteiger partial charge in [-0.2, -0.15) is 10.2 Å². The minimum absolute atomic E-state index is 0.00776. The first-order valence-corrected chi connectivity index (χ1v) is 10.1. The molecule has 4 heterocycles. The summed E-state index contributed by atoms with van der Waals surface area (Å²) in [7, 11) is 2.06. The number of nitrogens with zero attached hydrogens (tertiary/aromatic N) is 6. The molecule has 0 bridgehead atoms. The molecule has 5 rings (SSSR count). The maximum atomic E-state index is 15.1. The Hall–Kier alpha value is -3.13. The van der Waals surface area contributed by atoms with E-state index in [2.05, 4.69) is 27.1 Å². The molecule has 0 N–H and O–H groups in total. The molecule has 0 radical (unpaired) electrons. The Balaban J connectivity index is 1.61. The van der Waals surface area contributed by atoms with Crippen LogP contribution >= 0.6 is 0 Å². The van der Waals surface area contributed by atoms with Crippen molar-refractivity contribution in [2.45, 2.75) is 32.7 Å². The second-order valence-corrected chi connectivity index (χ2v) is 8.21. The lowest BCUT2D eigenvalue weighted by atomic mass is 10.0. The molecule has 30 heavy (non-hydrogen) atoms. The first kappa shape index (κ1) is 18.9. The lowest BCUT2D eigenvalue weighted by Crippen LogP contribution is -2.36. The highest BCUT2D eigenvalue weighted by molar-refractivity contribution is 5.86. The Bertz CT molecular complexity index is 1330. The summed E-state index contributed by atoms with van der Waals surface area (Å²) in [4.78, 5) is 19.7. The van der Waals surface area contributed by atoms with E-state index in [1.165, 1.54) is 10.7 Å². The van der Waals surface area contributed by atoms with Gasteiger partial charge in [-0.15, -0.1) is 0 Å². The first-order valence-electron chi connectivity index (χ1n) is 10.1. The fourth-order valence-electron chi connectivity index (χ4n) is 4.28. The summed E-state index contributed by atoms with van der Waals surface area (Å²) in [5.74, 6) is -0.544. The number of imidazole rings is 1. The fourth-order valence-corrected chi connectivity index (χ4v) is 4.28. The van der Waals surface area contributed by atoms with Crippen LogP contribution in [0.3, 0.4) is 0 Å². The smallest absolute Gasteiger partial charge is 0.277 e. The minimum atomic E-state index is -0.544. The monoisotopic (exact) mass is 406 g/mol. The van der Waals surface area contributed by atoms with Crippen molar-refractivity contribution in [3.05, 3.63) is 58.0 Å². The average Bonchev–Trinajstić information content (AvgIpc) is 3.09. The van der Waals surface area contributed by atoms with Gasteiger partial charge < -0.3 is 4.90 Å². The van der Waals surface area contributed by atoms with Crippen LogP contribution in [0.2, 0.25) is 0 Å². The quantitative estimate of drug-likeness (QED) is 0.512. The molecule has 1 saturated heterocycles. The van der Waals surface area contributed by atoms with E-state index < -0.39 is 5.82 Å².